The molecule has 0 radical (unpaired) electrons. The molecule has 0 aromatic heterocycles. The predicted molar refractivity (Wildman–Crippen MR) is 70.1 cm³/mol. The van der Waals surface area contributed by atoms with Crippen LogP contribution < -0.4 is 9.47 Å². The molecule has 0 spiro atoms. The van der Waals surface area contributed by atoms with Crippen LogP contribution in [-0.4, -0.2) is 26.2 Å². The van der Waals surface area contributed by atoms with E-state index < -0.39 is 5.41 Å². The lowest BCUT2D eigenvalue weighted by atomic mass is 9.86. The predicted octanol–water partition coefficient (Wildman–Crippen LogP) is 3.20. The molecule has 0 aliphatic rings. The van der Waals surface area contributed by atoms with Crippen molar-refractivity contribution in [3.63, 3.8) is 0 Å². The smallest absolute Gasteiger partial charge is 0.172 e. The van der Waals surface area contributed by atoms with E-state index in [4.69, 9.17) is 9.47 Å². The van der Waals surface area contributed by atoms with Gasteiger partial charge in [-0.25, -0.2) is 0 Å². The van der Waals surface area contributed by atoms with E-state index in [-0.39, 0.29) is 20.4 Å². The zero-order chi connectivity index (χ0) is 13.8. The first kappa shape index (κ1) is 14.7. The Morgan fingerprint density at radius 2 is 1.94 bits per heavy atom. The molecule has 0 saturated carbocycles. The highest BCUT2D eigenvalue weighted by Gasteiger charge is 2.30. The van der Waals surface area contributed by atoms with Gasteiger partial charge in [-0.3, -0.25) is 9.36 Å². The van der Waals surface area contributed by atoms with Crippen molar-refractivity contribution in [2.45, 2.75) is 13.8 Å². The topological polar surface area (TPSA) is 52.6 Å². The Labute approximate surface area is 108 Å². The molecule has 18 heavy (non-hydrogen) atoms. The summed E-state index contributed by atoms with van der Waals surface area (Å²) in [4.78, 5) is 12.4. The van der Waals surface area contributed by atoms with E-state index in [2.05, 4.69) is 0 Å². The summed E-state index contributed by atoms with van der Waals surface area (Å²) in [7, 11) is 3.02. The van der Waals surface area contributed by atoms with Gasteiger partial charge in [0, 0.05) is 17.6 Å². The first-order chi connectivity index (χ1) is 8.46. The molecule has 0 amide bonds. The first-order valence-corrected chi connectivity index (χ1v) is 6.52. The number of ether oxygens (including phenoxy) is 2. The Balaban J connectivity index is 3.16. The molecule has 0 fully saturated rings. The summed E-state index contributed by atoms with van der Waals surface area (Å²) in [5.41, 5.74) is -0.211. The second kappa shape index (κ2) is 5.96. The zero-order valence-electron chi connectivity index (χ0n) is 11.0. The van der Waals surface area contributed by atoms with Gasteiger partial charge in [0.1, 0.15) is 11.5 Å². The van der Waals surface area contributed by atoms with Crippen molar-refractivity contribution in [1.29, 1.82) is 0 Å². The van der Waals surface area contributed by atoms with Gasteiger partial charge in [-0.2, -0.15) is 0 Å². The fraction of sp³-hybridized carbons (Fsp3) is 0.462. The van der Waals surface area contributed by atoms with Gasteiger partial charge in [-0.05, 0) is 12.1 Å². The van der Waals surface area contributed by atoms with Gasteiger partial charge in [-0.1, -0.05) is 13.8 Å². The van der Waals surface area contributed by atoms with Gasteiger partial charge in [0.15, 0.2) is 14.2 Å². The molecule has 1 rings (SSSR count). The first-order valence-electron chi connectivity index (χ1n) is 5.52. The third-order valence-electron chi connectivity index (χ3n) is 2.73. The summed E-state index contributed by atoms with van der Waals surface area (Å²) in [6.07, 6.45) is 0.279. The van der Waals surface area contributed by atoms with Crippen LogP contribution in [0.3, 0.4) is 0 Å². The largest absolute Gasteiger partial charge is 0.497 e. The van der Waals surface area contributed by atoms with Crippen molar-refractivity contribution in [3.05, 3.63) is 23.8 Å². The van der Waals surface area contributed by atoms with Crippen LogP contribution in [0.4, 0.5) is 0 Å². The number of methoxy groups -OCH3 is 2. The SMILES string of the molecule is COc1ccc(C(=O)C(C)(C)CP=O)c(OC)c1. The highest BCUT2D eigenvalue weighted by atomic mass is 31.1. The monoisotopic (exact) mass is 268 g/mol. The van der Waals surface area contributed by atoms with Gasteiger partial charge in [-0.15, -0.1) is 0 Å². The van der Waals surface area contributed by atoms with Crippen LogP contribution >= 0.6 is 8.46 Å². The highest BCUT2D eigenvalue weighted by molar-refractivity contribution is 7.23. The second-order valence-electron chi connectivity index (χ2n) is 4.57. The number of benzene rings is 1. The average Bonchev–Trinajstić information content (AvgIpc) is 2.37. The summed E-state index contributed by atoms with van der Waals surface area (Å²) in [5.74, 6) is 1.00. The van der Waals surface area contributed by atoms with E-state index in [1.165, 1.54) is 7.11 Å². The molecule has 0 aliphatic heterocycles. The van der Waals surface area contributed by atoms with E-state index in [0.29, 0.717) is 17.1 Å². The number of ketones is 1. The third kappa shape index (κ3) is 3.08. The lowest BCUT2D eigenvalue weighted by Crippen LogP contribution is -2.26. The van der Waals surface area contributed by atoms with Gasteiger partial charge in [0.25, 0.3) is 0 Å². The molecular formula is C13H17O4P. The molecular weight excluding hydrogens is 251 g/mol. The van der Waals surface area contributed by atoms with E-state index in [1.807, 2.05) is 0 Å². The van der Waals surface area contributed by atoms with Crippen LogP contribution in [0.5, 0.6) is 11.5 Å². The van der Waals surface area contributed by atoms with E-state index in [0.717, 1.165) is 0 Å². The maximum Gasteiger partial charge on any atom is 0.172 e. The number of rotatable bonds is 6. The van der Waals surface area contributed by atoms with Crippen molar-refractivity contribution < 1.29 is 18.8 Å². The lowest BCUT2D eigenvalue weighted by Gasteiger charge is -2.21. The second-order valence-corrected chi connectivity index (χ2v) is 5.14. The number of carbonyl (C=O) groups is 1. The molecule has 0 unspecified atom stereocenters. The minimum Gasteiger partial charge on any atom is -0.497 e. The molecule has 1 aromatic carbocycles. The Hall–Kier alpha value is -1.41. The van der Waals surface area contributed by atoms with E-state index in [1.54, 1.807) is 39.2 Å². The maximum absolute atomic E-state index is 12.4. The van der Waals surface area contributed by atoms with Crippen LogP contribution in [0.15, 0.2) is 18.2 Å². The van der Waals surface area contributed by atoms with E-state index >= 15 is 0 Å². The minimum atomic E-state index is -0.689. The summed E-state index contributed by atoms with van der Waals surface area (Å²) in [6.45, 7) is 3.54. The zero-order valence-corrected chi connectivity index (χ0v) is 11.9. The third-order valence-corrected chi connectivity index (χ3v) is 3.65. The molecule has 1 aromatic rings. The minimum absolute atomic E-state index is 0.0390. The quantitative estimate of drug-likeness (QED) is 0.587. The number of carbonyl (C=O) groups excluding carboxylic acids is 1. The van der Waals surface area contributed by atoms with Gasteiger partial charge in [0.05, 0.1) is 19.8 Å². The van der Waals surface area contributed by atoms with Crippen molar-refractivity contribution >= 4 is 14.2 Å². The van der Waals surface area contributed by atoms with E-state index in [9.17, 15) is 9.36 Å². The molecule has 0 saturated heterocycles. The number of hydrogen-bond acceptors (Lipinski definition) is 4. The highest BCUT2D eigenvalue weighted by Crippen LogP contribution is 2.32. The molecule has 4 nitrogen and oxygen atoms in total. The Kier molecular flexibility index (Phi) is 4.85. The molecule has 0 atom stereocenters. The molecule has 98 valence electrons. The maximum atomic E-state index is 12.4. The summed E-state index contributed by atoms with van der Waals surface area (Å²) in [5, 5.41) is 0. The van der Waals surface area contributed by atoms with Crippen LogP contribution in [0.2, 0.25) is 0 Å². The van der Waals surface area contributed by atoms with Crippen LogP contribution in [-0.2, 0) is 4.57 Å². The fourth-order valence-electron chi connectivity index (χ4n) is 1.58. The Morgan fingerprint density at radius 3 is 2.44 bits per heavy atom. The molecule has 0 aliphatic carbocycles. The summed E-state index contributed by atoms with van der Waals surface area (Å²) >= 11 is 0. The number of Topliss-reactive ketones (excluding diaryl/α,β-unsaturated/α-hetero) is 1. The normalized spacial score (nSPS) is 11.3. The van der Waals surface area contributed by atoms with Crippen molar-refractivity contribution in [3.8, 4) is 11.5 Å². The lowest BCUT2D eigenvalue weighted by molar-refractivity contribution is 0.0859. The molecule has 0 heterocycles. The molecule has 5 heteroatoms. The van der Waals surface area contributed by atoms with Crippen molar-refractivity contribution in [1.82, 2.24) is 0 Å². The Morgan fingerprint density at radius 1 is 1.28 bits per heavy atom. The van der Waals surface area contributed by atoms with Crippen LogP contribution in [0.25, 0.3) is 0 Å². The molecule has 0 N–H and O–H groups in total. The van der Waals surface area contributed by atoms with Crippen LogP contribution in [0, 0.1) is 5.41 Å². The molecule has 0 bridgehead atoms. The van der Waals surface area contributed by atoms with Crippen LogP contribution in [0.1, 0.15) is 24.2 Å². The number of hydrogen-bond donors (Lipinski definition) is 0. The average molecular weight is 268 g/mol. The van der Waals surface area contributed by atoms with Gasteiger partial charge < -0.3 is 9.47 Å². The fourth-order valence-corrected chi connectivity index (χ4v) is 2.05. The van der Waals surface area contributed by atoms with Gasteiger partial charge in [0.2, 0.25) is 0 Å². The summed E-state index contributed by atoms with van der Waals surface area (Å²) in [6, 6.07) is 5.04. The summed E-state index contributed by atoms with van der Waals surface area (Å²) < 4.78 is 21.0. The van der Waals surface area contributed by atoms with Crippen molar-refractivity contribution in [2.24, 2.45) is 5.41 Å². The van der Waals surface area contributed by atoms with Crippen molar-refractivity contribution in [2.75, 3.05) is 20.4 Å². The Bertz CT molecular complexity index is 454. The standard InChI is InChI=1S/C13H17O4P/c1-13(2,8-18-15)12(14)10-6-5-9(16-3)7-11(10)17-4/h5-7H,8H2,1-4H3. The van der Waals surface area contributed by atoms with Gasteiger partial charge >= 0.3 is 0 Å².